The molecule has 3 aromatic rings. The second kappa shape index (κ2) is 6.95. The summed E-state index contributed by atoms with van der Waals surface area (Å²) in [5.74, 6) is -0.448. The fraction of sp³-hybridized carbons (Fsp3) is 0.150. The third-order valence-corrected chi connectivity index (χ3v) is 3.96. The van der Waals surface area contributed by atoms with Crippen molar-refractivity contribution in [3.05, 3.63) is 54.6 Å². The van der Waals surface area contributed by atoms with Gasteiger partial charge >= 0.3 is 5.97 Å². The monoisotopic (exact) mass is 365 g/mol. The Kier molecular flexibility index (Phi) is 4.68. The average Bonchev–Trinajstić information content (AvgIpc) is 2.62. The van der Waals surface area contributed by atoms with Gasteiger partial charge in [-0.15, -0.1) is 0 Å². The molecule has 0 amide bonds. The molecule has 2 aromatic carbocycles. The Morgan fingerprint density at radius 1 is 1.04 bits per heavy atom. The number of anilines is 1. The van der Waals surface area contributed by atoms with E-state index in [1.807, 2.05) is 0 Å². The Balaban J connectivity index is 1.93. The Morgan fingerprint density at radius 3 is 2.30 bits per heavy atom. The molecule has 0 aliphatic rings. The molecule has 138 valence electrons. The number of hydrogen-bond acceptors (Lipinski definition) is 6. The maximum absolute atomic E-state index is 11.2. The molecule has 0 unspecified atom stereocenters. The van der Waals surface area contributed by atoms with Crippen LogP contribution in [0.25, 0.3) is 22.5 Å². The lowest BCUT2D eigenvalue weighted by molar-refractivity contribution is -0.152. The standard InChI is InChI=1S/C20H19N3O4/c1-20(2,18(25)26)27-13-9-7-12(8-10-13)15-11-16(23-19(21)22-15)14-5-3-4-6-17(14)24/h3-11,24H,1-2H3,(H,25,26)(H2,21,22,23). The van der Waals surface area contributed by atoms with E-state index in [-0.39, 0.29) is 11.7 Å². The lowest BCUT2D eigenvalue weighted by Crippen LogP contribution is -2.37. The summed E-state index contributed by atoms with van der Waals surface area (Å²) in [7, 11) is 0. The van der Waals surface area contributed by atoms with Gasteiger partial charge in [0.05, 0.1) is 11.4 Å². The van der Waals surface area contributed by atoms with Gasteiger partial charge in [-0.3, -0.25) is 0 Å². The lowest BCUT2D eigenvalue weighted by Gasteiger charge is -2.21. The molecule has 1 heterocycles. The number of hydrogen-bond donors (Lipinski definition) is 3. The van der Waals surface area contributed by atoms with Crippen LogP contribution in [0.2, 0.25) is 0 Å². The van der Waals surface area contributed by atoms with Crippen molar-refractivity contribution in [3.8, 4) is 34.0 Å². The second-order valence-corrected chi connectivity index (χ2v) is 6.46. The Hall–Kier alpha value is -3.61. The number of carbonyl (C=O) groups is 1. The van der Waals surface area contributed by atoms with E-state index in [0.29, 0.717) is 22.7 Å². The van der Waals surface area contributed by atoms with Gasteiger partial charge in [-0.2, -0.15) is 0 Å². The maximum atomic E-state index is 11.2. The van der Waals surface area contributed by atoms with Crippen LogP contribution < -0.4 is 10.5 Å². The minimum Gasteiger partial charge on any atom is -0.507 e. The van der Waals surface area contributed by atoms with Gasteiger partial charge in [0.1, 0.15) is 11.5 Å². The average molecular weight is 365 g/mol. The number of aliphatic carboxylic acids is 1. The van der Waals surface area contributed by atoms with Crippen LogP contribution in [0, 0.1) is 0 Å². The molecule has 0 radical (unpaired) electrons. The van der Waals surface area contributed by atoms with Crippen LogP contribution >= 0.6 is 0 Å². The first kappa shape index (κ1) is 18.2. The molecule has 1 aromatic heterocycles. The number of carboxylic acid groups (broad SMARTS) is 1. The van der Waals surface area contributed by atoms with Crippen molar-refractivity contribution in [1.29, 1.82) is 0 Å². The first-order valence-corrected chi connectivity index (χ1v) is 8.22. The molecule has 7 heteroatoms. The summed E-state index contributed by atoms with van der Waals surface area (Å²) in [6.45, 7) is 2.96. The molecule has 0 saturated heterocycles. The Bertz CT molecular complexity index is 985. The summed E-state index contributed by atoms with van der Waals surface area (Å²) < 4.78 is 5.50. The van der Waals surface area contributed by atoms with E-state index in [1.54, 1.807) is 54.6 Å². The highest BCUT2D eigenvalue weighted by Gasteiger charge is 2.29. The number of phenolic OH excluding ortho intramolecular Hbond substituents is 1. The van der Waals surface area contributed by atoms with Gasteiger partial charge in [-0.05, 0) is 56.3 Å². The van der Waals surface area contributed by atoms with Crippen LogP contribution in [-0.4, -0.2) is 31.8 Å². The first-order chi connectivity index (χ1) is 12.8. The summed E-state index contributed by atoms with van der Waals surface area (Å²) in [5, 5.41) is 19.2. The molecule has 7 nitrogen and oxygen atoms in total. The van der Waals surface area contributed by atoms with Gasteiger partial charge < -0.3 is 20.7 Å². The zero-order valence-corrected chi connectivity index (χ0v) is 14.9. The zero-order chi connectivity index (χ0) is 19.6. The van der Waals surface area contributed by atoms with Crippen molar-refractivity contribution in [2.45, 2.75) is 19.4 Å². The van der Waals surface area contributed by atoms with Gasteiger partial charge in [-0.25, -0.2) is 14.8 Å². The maximum Gasteiger partial charge on any atom is 0.347 e. The highest BCUT2D eigenvalue weighted by molar-refractivity contribution is 5.77. The number of aromatic hydroxyl groups is 1. The van der Waals surface area contributed by atoms with Crippen molar-refractivity contribution in [2.24, 2.45) is 0 Å². The third-order valence-electron chi connectivity index (χ3n) is 3.96. The Labute approximate surface area is 156 Å². The van der Waals surface area contributed by atoms with E-state index in [1.165, 1.54) is 13.8 Å². The number of ether oxygens (including phenoxy) is 1. The molecule has 0 aliphatic heterocycles. The molecular weight excluding hydrogens is 346 g/mol. The number of benzene rings is 2. The van der Waals surface area contributed by atoms with Crippen LogP contribution in [0.4, 0.5) is 5.95 Å². The summed E-state index contributed by atoms with van der Waals surface area (Å²) in [4.78, 5) is 19.6. The smallest absolute Gasteiger partial charge is 0.347 e. The molecule has 4 N–H and O–H groups in total. The fourth-order valence-corrected chi connectivity index (χ4v) is 2.47. The van der Waals surface area contributed by atoms with Crippen LogP contribution in [0.1, 0.15) is 13.8 Å². The molecule has 0 bridgehead atoms. The van der Waals surface area contributed by atoms with Crippen LogP contribution in [0.5, 0.6) is 11.5 Å². The fourth-order valence-electron chi connectivity index (χ4n) is 2.47. The van der Waals surface area contributed by atoms with E-state index in [2.05, 4.69) is 9.97 Å². The molecule has 0 spiro atoms. The van der Waals surface area contributed by atoms with Gasteiger partial charge in [-0.1, -0.05) is 12.1 Å². The van der Waals surface area contributed by atoms with Gasteiger partial charge in [0, 0.05) is 11.1 Å². The largest absolute Gasteiger partial charge is 0.507 e. The van der Waals surface area contributed by atoms with Gasteiger partial charge in [0.2, 0.25) is 5.95 Å². The minimum absolute atomic E-state index is 0.0816. The number of nitrogen functional groups attached to an aromatic ring is 1. The molecule has 0 atom stereocenters. The van der Waals surface area contributed by atoms with Crippen LogP contribution in [-0.2, 0) is 4.79 Å². The van der Waals surface area contributed by atoms with Gasteiger partial charge in [0.15, 0.2) is 5.60 Å². The summed E-state index contributed by atoms with van der Waals surface area (Å²) in [5.41, 5.74) is 6.88. The van der Waals surface area contributed by atoms with Crippen molar-refractivity contribution in [1.82, 2.24) is 9.97 Å². The highest BCUT2D eigenvalue weighted by Crippen LogP contribution is 2.31. The summed E-state index contributed by atoms with van der Waals surface area (Å²) in [6.07, 6.45) is 0. The number of nitrogens with zero attached hydrogens (tertiary/aromatic N) is 2. The molecule has 0 aliphatic carbocycles. The Morgan fingerprint density at radius 2 is 1.67 bits per heavy atom. The van der Waals surface area contributed by atoms with Crippen molar-refractivity contribution in [3.63, 3.8) is 0 Å². The summed E-state index contributed by atoms with van der Waals surface area (Å²) >= 11 is 0. The molecule has 27 heavy (non-hydrogen) atoms. The normalized spacial score (nSPS) is 11.2. The van der Waals surface area contributed by atoms with Crippen molar-refractivity contribution >= 4 is 11.9 Å². The number of carboxylic acids is 1. The van der Waals surface area contributed by atoms with Crippen molar-refractivity contribution in [2.75, 3.05) is 5.73 Å². The summed E-state index contributed by atoms with van der Waals surface area (Å²) in [6, 6.07) is 15.4. The molecular formula is C20H19N3O4. The predicted molar refractivity (Wildman–Crippen MR) is 101 cm³/mol. The van der Waals surface area contributed by atoms with Crippen molar-refractivity contribution < 1.29 is 19.7 Å². The number of rotatable bonds is 5. The highest BCUT2D eigenvalue weighted by atomic mass is 16.5. The third kappa shape index (κ3) is 3.98. The van der Waals surface area contributed by atoms with E-state index in [4.69, 9.17) is 15.6 Å². The molecule has 0 fully saturated rings. The first-order valence-electron chi connectivity index (χ1n) is 8.22. The molecule has 3 rings (SSSR count). The molecule has 0 saturated carbocycles. The number of phenols is 1. The zero-order valence-electron chi connectivity index (χ0n) is 14.9. The second-order valence-electron chi connectivity index (χ2n) is 6.46. The predicted octanol–water partition coefficient (Wildman–Crippen LogP) is 3.34. The van der Waals surface area contributed by atoms with Gasteiger partial charge in [0.25, 0.3) is 0 Å². The topological polar surface area (TPSA) is 119 Å². The lowest BCUT2D eigenvalue weighted by atomic mass is 10.1. The van der Waals surface area contributed by atoms with E-state index in [0.717, 1.165) is 5.56 Å². The van der Waals surface area contributed by atoms with Crippen LogP contribution in [0.15, 0.2) is 54.6 Å². The quantitative estimate of drug-likeness (QED) is 0.634. The minimum atomic E-state index is -1.33. The number of para-hydroxylation sites is 1. The number of nitrogens with two attached hydrogens (primary N) is 1. The SMILES string of the molecule is CC(C)(Oc1ccc(-c2cc(-c3ccccc3O)nc(N)n2)cc1)C(=O)O. The van der Waals surface area contributed by atoms with E-state index < -0.39 is 11.6 Å². The van der Waals surface area contributed by atoms with Crippen LogP contribution in [0.3, 0.4) is 0 Å². The number of aromatic nitrogens is 2. The van der Waals surface area contributed by atoms with E-state index >= 15 is 0 Å². The van der Waals surface area contributed by atoms with E-state index in [9.17, 15) is 9.90 Å².